The maximum absolute atomic E-state index is 10.6. The maximum atomic E-state index is 10.6. The van der Waals surface area contributed by atoms with E-state index in [1.165, 1.54) is 12.1 Å². The summed E-state index contributed by atoms with van der Waals surface area (Å²) in [6.07, 6.45) is 3.68. The molecule has 1 aromatic heterocycles. The third-order valence-electron chi connectivity index (χ3n) is 2.40. The molecule has 0 saturated heterocycles. The number of hydrogen-bond acceptors (Lipinski definition) is 4. The van der Waals surface area contributed by atoms with Gasteiger partial charge in [-0.05, 0) is 22.0 Å². The smallest absolute Gasteiger partial charge is 0.270 e. The number of nitro groups is 1. The van der Waals surface area contributed by atoms with Crippen LogP contribution < -0.4 is 5.32 Å². The van der Waals surface area contributed by atoms with Crippen molar-refractivity contribution >= 4 is 27.3 Å². The van der Waals surface area contributed by atoms with E-state index in [1.807, 2.05) is 13.2 Å². The monoisotopic (exact) mass is 310 g/mol. The first kappa shape index (κ1) is 12.6. The molecule has 0 radical (unpaired) electrons. The van der Waals surface area contributed by atoms with Gasteiger partial charge in [0.25, 0.3) is 5.69 Å². The topological polar surface area (TPSA) is 73.0 Å². The normalized spacial score (nSPS) is 10.3. The van der Waals surface area contributed by atoms with Crippen LogP contribution in [-0.2, 0) is 13.6 Å². The molecule has 0 aliphatic rings. The van der Waals surface area contributed by atoms with E-state index in [-0.39, 0.29) is 5.69 Å². The molecular formula is C11H11BrN4O2. The average Bonchev–Trinajstić information content (AvgIpc) is 2.73. The molecule has 2 rings (SSSR count). The zero-order valence-electron chi connectivity index (χ0n) is 9.63. The number of hydrogen-bond donors (Lipinski definition) is 1. The predicted molar refractivity (Wildman–Crippen MR) is 71.3 cm³/mol. The first-order valence-corrected chi connectivity index (χ1v) is 6.01. The quantitative estimate of drug-likeness (QED) is 0.696. The van der Waals surface area contributed by atoms with Crippen molar-refractivity contribution in [2.75, 3.05) is 5.32 Å². The van der Waals surface area contributed by atoms with Gasteiger partial charge < -0.3 is 5.32 Å². The molecule has 7 heteroatoms. The molecule has 6 nitrogen and oxygen atoms in total. The molecule has 2 aromatic rings. The molecule has 1 aromatic carbocycles. The second-order valence-electron chi connectivity index (χ2n) is 3.80. The highest BCUT2D eigenvalue weighted by Crippen LogP contribution is 2.27. The minimum atomic E-state index is -0.421. The van der Waals surface area contributed by atoms with Crippen LogP contribution >= 0.6 is 15.9 Å². The Morgan fingerprint density at radius 2 is 2.33 bits per heavy atom. The molecule has 18 heavy (non-hydrogen) atoms. The molecule has 0 aliphatic heterocycles. The van der Waals surface area contributed by atoms with Gasteiger partial charge in [-0.1, -0.05) is 0 Å². The number of rotatable bonds is 4. The van der Waals surface area contributed by atoms with Gasteiger partial charge in [-0.3, -0.25) is 14.8 Å². The summed E-state index contributed by atoms with van der Waals surface area (Å²) in [5, 5.41) is 17.9. The highest BCUT2D eigenvalue weighted by atomic mass is 79.9. The van der Waals surface area contributed by atoms with Gasteiger partial charge >= 0.3 is 0 Å². The van der Waals surface area contributed by atoms with Gasteiger partial charge in [0, 0.05) is 47.6 Å². The number of aromatic nitrogens is 2. The van der Waals surface area contributed by atoms with Crippen molar-refractivity contribution in [3.05, 3.63) is 50.7 Å². The van der Waals surface area contributed by atoms with E-state index in [9.17, 15) is 10.1 Å². The van der Waals surface area contributed by atoms with Crippen LogP contribution in [0.15, 0.2) is 35.1 Å². The minimum Gasteiger partial charge on any atom is -0.380 e. The molecule has 0 fully saturated rings. The number of non-ortho nitro benzene ring substituents is 1. The highest BCUT2D eigenvalue weighted by Gasteiger charge is 2.08. The van der Waals surface area contributed by atoms with Crippen LogP contribution in [0.25, 0.3) is 0 Å². The van der Waals surface area contributed by atoms with Gasteiger partial charge in [-0.25, -0.2) is 0 Å². The molecule has 94 valence electrons. The molecule has 0 spiro atoms. The van der Waals surface area contributed by atoms with E-state index < -0.39 is 4.92 Å². The largest absolute Gasteiger partial charge is 0.380 e. The van der Waals surface area contributed by atoms with Crippen molar-refractivity contribution < 1.29 is 4.92 Å². The Labute approximate surface area is 112 Å². The zero-order chi connectivity index (χ0) is 13.1. The Bertz CT molecular complexity index is 582. The van der Waals surface area contributed by atoms with Crippen LogP contribution in [0.2, 0.25) is 0 Å². The average molecular weight is 311 g/mol. The van der Waals surface area contributed by atoms with Gasteiger partial charge in [-0.15, -0.1) is 0 Å². The van der Waals surface area contributed by atoms with Gasteiger partial charge in [-0.2, -0.15) is 5.10 Å². The second-order valence-corrected chi connectivity index (χ2v) is 4.65. The van der Waals surface area contributed by atoms with Crippen molar-refractivity contribution in [3.63, 3.8) is 0 Å². The van der Waals surface area contributed by atoms with Gasteiger partial charge in [0.05, 0.1) is 11.1 Å². The number of nitro benzene ring substituents is 1. The summed E-state index contributed by atoms with van der Waals surface area (Å²) in [4.78, 5) is 10.2. The lowest BCUT2D eigenvalue weighted by Gasteiger charge is -2.06. The summed E-state index contributed by atoms with van der Waals surface area (Å²) in [7, 11) is 1.85. The van der Waals surface area contributed by atoms with Gasteiger partial charge in [0.2, 0.25) is 0 Å². The lowest BCUT2D eigenvalue weighted by molar-refractivity contribution is -0.384. The summed E-state index contributed by atoms with van der Waals surface area (Å²) in [5.41, 5.74) is 1.92. The summed E-state index contributed by atoms with van der Waals surface area (Å²) in [6, 6.07) is 4.63. The highest BCUT2D eigenvalue weighted by molar-refractivity contribution is 9.10. The lowest BCUT2D eigenvalue weighted by Crippen LogP contribution is -1.99. The SMILES string of the molecule is Cn1cc(CNc2ccc([N+](=O)[O-])cc2Br)cn1. The van der Waals surface area contributed by atoms with Crippen molar-refractivity contribution in [3.8, 4) is 0 Å². The Kier molecular flexibility index (Phi) is 3.61. The number of benzene rings is 1. The standard InChI is InChI=1S/C11H11BrN4O2/c1-15-7-8(6-14-15)5-13-11-3-2-9(16(17)18)4-10(11)12/h2-4,6-7,13H,5H2,1H3. The van der Waals surface area contributed by atoms with Crippen molar-refractivity contribution in [2.24, 2.45) is 7.05 Å². The number of nitrogens with zero attached hydrogens (tertiary/aromatic N) is 3. The van der Waals surface area contributed by atoms with E-state index in [0.29, 0.717) is 11.0 Å². The van der Waals surface area contributed by atoms with Crippen molar-refractivity contribution in [2.45, 2.75) is 6.54 Å². The molecule has 0 atom stereocenters. The number of aryl methyl sites for hydroxylation is 1. The van der Waals surface area contributed by atoms with Crippen LogP contribution in [0.5, 0.6) is 0 Å². The number of nitrogens with one attached hydrogen (secondary N) is 1. The number of halogens is 1. The lowest BCUT2D eigenvalue weighted by atomic mass is 10.2. The third-order valence-corrected chi connectivity index (χ3v) is 3.06. The van der Waals surface area contributed by atoms with Crippen LogP contribution in [0.1, 0.15) is 5.56 Å². The van der Waals surface area contributed by atoms with Gasteiger partial charge in [0.15, 0.2) is 0 Å². The zero-order valence-corrected chi connectivity index (χ0v) is 11.2. The Morgan fingerprint density at radius 3 is 2.89 bits per heavy atom. The first-order valence-electron chi connectivity index (χ1n) is 5.21. The Balaban J connectivity index is 2.08. The van der Waals surface area contributed by atoms with Crippen LogP contribution in [0.4, 0.5) is 11.4 Å². The fraction of sp³-hybridized carbons (Fsp3) is 0.182. The Morgan fingerprint density at radius 1 is 1.56 bits per heavy atom. The molecular weight excluding hydrogens is 300 g/mol. The summed E-state index contributed by atoms with van der Waals surface area (Å²) < 4.78 is 2.39. The van der Waals surface area contributed by atoms with Crippen molar-refractivity contribution in [1.29, 1.82) is 0 Å². The van der Waals surface area contributed by atoms with E-state index >= 15 is 0 Å². The minimum absolute atomic E-state index is 0.0637. The van der Waals surface area contributed by atoms with E-state index in [1.54, 1.807) is 16.9 Å². The molecule has 1 heterocycles. The fourth-order valence-electron chi connectivity index (χ4n) is 1.52. The molecule has 1 N–H and O–H groups in total. The molecule has 0 aliphatic carbocycles. The predicted octanol–water partition coefficient (Wildman–Crippen LogP) is 2.70. The maximum Gasteiger partial charge on any atom is 0.270 e. The summed E-state index contributed by atoms with van der Waals surface area (Å²) in [6.45, 7) is 0.615. The molecule has 0 amide bonds. The van der Waals surface area contributed by atoms with Crippen LogP contribution in [0.3, 0.4) is 0 Å². The van der Waals surface area contributed by atoms with E-state index in [4.69, 9.17) is 0 Å². The van der Waals surface area contributed by atoms with E-state index in [2.05, 4.69) is 26.3 Å². The van der Waals surface area contributed by atoms with Crippen LogP contribution in [-0.4, -0.2) is 14.7 Å². The second kappa shape index (κ2) is 5.18. The molecule has 0 bridgehead atoms. The Hall–Kier alpha value is -1.89. The van der Waals surface area contributed by atoms with Crippen LogP contribution in [0, 0.1) is 10.1 Å². The molecule has 0 unspecified atom stereocenters. The molecule has 0 saturated carbocycles. The van der Waals surface area contributed by atoms with E-state index in [0.717, 1.165) is 11.3 Å². The number of anilines is 1. The van der Waals surface area contributed by atoms with Crippen molar-refractivity contribution in [1.82, 2.24) is 9.78 Å². The summed E-state index contributed by atoms with van der Waals surface area (Å²) in [5.74, 6) is 0. The summed E-state index contributed by atoms with van der Waals surface area (Å²) >= 11 is 3.31. The fourth-order valence-corrected chi connectivity index (χ4v) is 2.03. The first-order chi connectivity index (χ1) is 8.56. The third kappa shape index (κ3) is 2.86. The van der Waals surface area contributed by atoms with Gasteiger partial charge in [0.1, 0.15) is 0 Å².